The van der Waals surface area contributed by atoms with Gasteiger partial charge in [-0.25, -0.2) is 4.98 Å². The van der Waals surface area contributed by atoms with Crippen molar-refractivity contribution in [2.45, 2.75) is 38.0 Å². The molecule has 2 N–H and O–H groups in total. The number of aromatic nitrogens is 1. The van der Waals surface area contributed by atoms with Crippen molar-refractivity contribution in [1.82, 2.24) is 4.98 Å². The number of nitrogens with two attached hydrogens (primary N) is 1. The molecule has 1 aliphatic rings. The van der Waals surface area contributed by atoms with Gasteiger partial charge in [0.15, 0.2) is 5.76 Å². The predicted molar refractivity (Wildman–Crippen MR) is 72.2 cm³/mol. The molecule has 3 rings (SSSR count). The van der Waals surface area contributed by atoms with Gasteiger partial charge in [0.05, 0.1) is 6.20 Å². The molecular weight excluding hydrogens is 224 g/mol. The van der Waals surface area contributed by atoms with Gasteiger partial charge in [-0.3, -0.25) is 0 Å². The van der Waals surface area contributed by atoms with Gasteiger partial charge >= 0.3 is 0 Å². The maximum Gasteiger partial charge on any atom is 0.292 e. The van der Waals surface area contributed by atoms with E-state index in [-0.39, 0.29) is 6.01 Å². The molecule has 1 heterocycles. The normalized spacial score (nSPS) is 16.9. The highest BCUT2D eigenvalue weighted by atomic mass is 16.4. The molecule has 0 spiro atoms. The maximum atomic E-state index is 5.48. The molecule has 1 aliphatic carbocycles. The maximum absolute atomic E-state index is 5.48. The third-order valence-corrected chi connectivity index (χ3v) is 3.80. The predicted octanol–water partition coefficient (Wildman–Crippen LogP) is 3.97. The first kappa shape index (κ1) is 11.3. The molecule has 0 saturated heterocycles. The largest absolute Gasteiger partial charge is 0.424 e. The Labute approximate surface area is 107 Å². The zero-order valence-electron chi connectivity index (χ0n) is 10.4. The van der Waals surface area contributed by atoms with Gasteiger partial charge in [-0.2, -0.15) is 0 Å². The van der Waals surface area contributed by atoms with E-state index < -0.39 is 0 Å². The van der Waals surface area contributed by atoms with E-state index in [1.54, 1.807) is 6.20 Å². The third kappa shape index (κ3) is 2.26. The van der Waals surface area contributed by atoms with Crippen molar-refractivity contribution in [3.63, 3.8) is 0 Å². The molecule has 0 amide bonds. The fourth-order valence-corrected chi connectivity index (χ4v) is 2.78. The van der Waals surface area contributed by atoms with E-state index in [1.807, 2.05) is 0 Å². The van der Waals surface area contributed by atoms with E-state index in [0.717, 1.165) is 17.2 Å². The Bertz CT molecular complexity index is 510. The van der Waals surface area contributed by atoms with Gasteiger partial charge in [0.2, 0.25) is 0 Å². The van der Waals surface area contributed by atoms with Crippen LogP contribution in [0.5, 0.6) is 0 Å². The second-order valence-corrected chi connectivity index (χ2v) is 5.02. The minimum Gasteiger partial charge on any atom is -0.424 e. The lowest BCUT2D eigenvalue weighted by Crippen LogP contribution is -2.04. The van der Waals surface area contributed by atoms with Crippen molar-refractivity contribution in [2.75, 3.05) is 5.73 Å². The number of benzene rings is 1. The number of hydrogen-bond donors (Lipinski definition) is 1. The Kier molecular flexibility index (Phi) is 3.05. The first-order valence-corrected chi connectivity index (χ1v) is 6.64. The van der Waals surface area contributed by atoms with Crippen LogP contribution in [0.3, 0.4) is 0 Å². The van der Waals surface area contributed by atoms with Gasteiger partial charge in [0.25, 0.3) is 6.01 Å². The van der Waals surface area contributed by atoms with Crippen molar-refractivity contribution < 1.29 is 4.42 Å². The second kappa shape index (κ2) is 4.84. The zero-order chi connectivity index (χ0) is 12.4. The van der Waals surface area contributed by atoms with Gasteiger partial charge in [0.1, 0.15) is 0 Å². The Morgan fingerprint density at radius 3 is 2.39 bits per heavy atom. The molecule has 3 nitrogen and oxygen atoms in total. The number of nitrogen functional groups attached to an aromatic ring is 1. The molecule has 0 aliphatic heterocycles. The topological polar surface area (TPSA) is 52.0 Å². The average molecular weight is 242 g/mol. The number of hydrogen-bond acceptors (Lipinski definition) is 3. The lowest BCUT2D eigenvalue weighted by atomic mass is 9.84. The lowest BCUT2D eigenvalue weighted by molar-refractivity contribution is 0.443. The zero-order valence-corrected chi connectivity index (χ0v) is 10.4. The van der Waals surface area contributed by atoms with Crippen molar-refractivity contribution in [2.24, 2.45) is 0 Å². The summed E-state index contributed by atoms with van der Waals surface area (Å²) in [6, 6.07) is 8.85. The van der Waals surface area contributed by atoms with Gasteiger partial charge in [-0.1, -0.05) is 43.5 Å². The van der Waals surface area contributed by atoms with E-state index in [1.165, 1.54) is 37.7 Å². The highest BCUT2D eigenvalue weighted by Gasteiger charge is 2.15. The quantitative estimate of drug-likeness (QED) is 0.866. The molecule has 2 aromatic rings. The molecule has 18 heavy (non-hydrogen) atoms. The second-order valence-electron chi connectivity index (χ2n) is 5.02. The van der Waals surface area contributed by atoms with Crippen LogP contribution in [-0.2, 0) is 0 Å². The summed E-state index contributed by atoms with van der Waals surface area (Å²) in [4.78, 5) is 3.92. The van der Waals surface area contributed by atoms with Crippen LogP contribution >= 0.6 is 0 Å². The fraction of sp³-hybridized carbons (Fsp3) is 0.400. The summed E-state index contributed by atoms with van der Waals surface area (Å²) in [5.41, 5.74) is 7.98. The molecule has 0 radical (unpaired) electrons. The highest BCUT2D eigenvalue weighted by Crippen LogP contribution is 2.33. The van der Waals surface area contributed by atoms with Crippen LogP contribution in [0.2, 0.25) is 0 Å². The number of rotatable bonds is 2. The summed E-state index contributed by atoms with van der Waals surface area (Å²) in [5, 5.41) is 0. The molecule has 0 unspecified atom stereocenters. The van der Waals surface area contributed by atoms with Gasteiger partial charge in [-0.05, 0) is 24.3 Å². The Morgan fingerprint density at radius 2 is 1.78 bits per heavy atom. The highest BCUT2D eigenvalue weighted by molar-refractivity contribution is 5.57. The van der Waals surface area contributed by atoms with Gasteiger partial charge in [-0.15, -0.1) is 0 Å². The van der Waals surface area contributed by atoms with E-state index in [4.69, 9.17) is 10.2 Å². The van der Waals surface area contributed by atoms with Crippen LogP contribution in [0.15, 0.2) is 34.9 Å². The fourth-order valence-electron chi connectivity index (χ4n) is 2.78. The van der Waals surface area contributed by atoms with E-state index in [9.17, 15) is 0 Å². The third-order valence-electron chi connectivity index (χ3n) is 3.80. The summed E-state index contributed by atoms with van der Waals surface area (Å²) in [6.45, 7) is 0. The first-order chi connectivity index (χ1) is 8.83. The number of oxazole rings is 1. The Balaban J connectivity index is 1.80. The lowest BCUT2D eigenvalue weighted by Gasteiger charge is -2.21. The van der Waals surface area contributed by atoms with Crippen molar-refractivity contribution in [1.29, 1.82) is 0 Å². The molecule has 94 valence electrons. The molecule has 0 bridgehead atoms. The van der Waals surface area contributed by atoms with E-state index in [2.05, 4.69) is 29.2 Å². The van der Waals surface area contributed by atoms with Crippen LogP contribution in [0.25, 0.3) is 11.3 Å². The first-order valence-electron chi connectivity index (χ1n) is 6.64. The summed E-state index contributed by atoms with van der Waals surface area (Å²) in [6.07, 6.45) is 8.45. The molecule has 0 atom stereocenters. The minimum absolute atomic E-state index is 0.223. The van der Waals surface area contributed by atoms with Crippen molar-refractivity contribution in [3.05, 3.63) is 36.0 Å². The van der Waals surface area contributed by atoms with Gasteiger partial charge in [0, 0.05) is 5.56 Å². The van der Waals surface area contributed by atoms with Crippen LogP contribution in [0.1, 0.15) is 43.6 Å². The Morgan fingerprint density at radius 1 is 1.06 bits per heavy atom. The number of nitrogens with zero attached hydrogens (tertiary/aromatic N) is 1. The van der Waals surface area contributed by atoms with E-state index >= 15 is 0 Å². The minimum atomic E-state index is 0.223. The summed E-state index contributed by atoms with van der Waals surface area (Å²) >= 11 is 0. The molecule has 1 aromatic carbocycles. The average Bonchev–Trinajstić information content (AvgIpc) is 2.87. The van der Waals surface area contributed by atoms with Gasteiger partial charge < -0.3 is 10.2 Å². The summed E-state index contributed by atoms with van der Waals surface area (Å²) < 4.78 is 5.32. The molecule has 1 fully saturated rings. The molecular formula is C15H18N2O. The number of anilines is 1. The standard InChI is InChI=1S/C15H18N2O/c16-15-17-10-14(18-15)13-8-6-12(7-9-13)11-4-2-1-3-5-11/h6-11H,1-5H2,(H2,16,17). The molecule has 1 aromatic heterocycles. The van der Waals surface area contributed by atoms with E-state index in [0.29, 0.717) is 0 Å². The van der Waals surface area contributed by atoms with Crippen LogP contribution in [0.4, 0.5) is 6.01 Å². The van der Waals surface area contributed by atoms with Crippen molar-refractivity contribution in [3.8, 4) is 11.3 Å². The molecule has 1 saturated carbocycles. The monoisotopic (exact) mass is 242 g/mol. The molecule has 3 heteroatoms. The summed E-state index contributed by atoms with van der Waals surface area (Å²) in [5.74, 6) is 1.48. The van der Waals surface area contributed by atoms with Crippen molar-refractivity contribution >= 4 is 6.01 Å². The smallest absolute Gasteiger partial charge is 0.292 e. The summed E-state index contributed by atoms with van der Waals surface area (Å²) in [7, 11) is 0. The van der Waals surface area contributed by atoms with Crippen LogP contribution in [0, 0.1) is 0 Å². The Hall–Kier alpha value is -1.77. The SMILES string of the molecule is Nc1ncc(-c2ccc(C3CCCCC3)cc2)o1. The van der Waals surface area contributed by atoms with Crippen LogP contribution in [-0.4, -0.2) is 4.98 Å². The van der Waals surface area contributed by atoms with Crippen LogP contribution < -0.4 is 5.73 Å².